The SMILES string of the molecule is COC[C@@H]1CC[C@@H]2CC[C@H]1[C@H]2Cl. The number of rotatable bonds is 2. The number of methoxy groups -OCH3 is 1. The molecule has 0 spiro atoms. The van der Waals surface area contributed by atoms with E-state index in [2.05, 4.69) is 0 Å². The summed E-state index contributed by atoms with van der Waals surface area (Å²) >= 11 is 6.35. The van der Waals surface area contributed by atoms with Gasteiger partial charge < -0.3 is 4.74 Å². The number of halogens is 1. The quantitative estimate of drug-likeness (QED) is 0.606. The second-order valence-electron chi connectivity index (χ2n) is 4.24. The van der Waals surface area contributed by atoms with Crippen LogP contribution in [0.2, 0.25) is 0 Å². The first-order chi connectivity index (χ1) is 5.83. The molecule has 1 nitrogen and oxygen atoms in total. The van der Waals surface area contributed by atoms with E-state index in [-0.39, 0.29) is 0 Å². The lowest BCUT2D eigenvalue weighted by atomic mass is 9.80. The summed E-state index contributed by atoms with van der Waals surface area (Å²) in [4.78, 5) is 0. The largest absolute Gasteiger partial charge is 0.384 e. The van der Waals surface area contributed by atoms with Crippen molar-refractivity contribution >= 4 is 11.6 Å². The third-order valence-corrected chi connectivity index (χ3v) is 4.30. The Morgan fingerprint density at radius 3 is 2.75 bits per heavy atom. The minimum atomic E-state index is 0.457. The van der Waals surface area contributed by atoms with Crippen LogP contribution in [0.1, 0.15) is 25.7 Å². The first-order valence-electron chi connectivity index (χ1n) is 4.96. The normalized spacial score (nSPS) is 46.5. The molecule has 0 aromatic rings. The Labute approximate surface area is 79.4 Å². The van der Waals surface area contributed by atoms with Gasteiger partial charge in [0.15, 0.2) is 0 Å². The van der Waals surface area contributed by atoms with Gasteiger partial charge in [-0.2, -0.15) is 0 Å². The number of ether oxygens (including phenoxy) is 1. The van der Waals surface area contributed by atoms with Gasteiger partial charge in [-0.3, -0.25) is 0 Å². The Balaban J connectivity index is 1.99. The zero-order chi connectivity index (χ0) is 8.55. The molecule has 70 valence electrons. The zero-order valence-corrected chi connectivity index (χ0v) is 8.39. The number of hydrogen-bond donors (Lipinski definition) is 0. The van der Waals surface area contributed by atoms with E-state index >= 15 is 0 Å². The predicted molar refractivity (Wildman–Crippen MR) is 50.5 cm³/mol. The second kappa shape index (κ2) is 3.55. The lowest BCUT2D eigenvalue weighted by Crippen LogP contribution is -2.31. The molecule has 4 atom stereocenters. The first-order valence-corrected chi connectivity index (χ1v) is 5.39. The van der Waals surface area contributed by atoms with Crippen LogP contribution in [-0.2, 0) is 4.74 Å². The third kappa shape index (κ3) is 1.38. The van der Waals surface area contributed by atoms with Gasteiger partial charge in [0.2, 0.25) is 0 Å². The van der Waals surface area contributed by atoms with Gasteiger partial charge >= 0.3 is 0 Å². The Kier molecular flexibility index (Phi) is 2.61. The summed E-state index contributed by atoms with van der Waals surface area (Å²) < 4.78 is 5.22. The molecule has 12 heavy (non-hydrogen) atoms. The molecule has 0 heterocycles. The molecule has 0 unspecified atom stereocenters. The van der Waals surface area contributed by atoms with Crippen molar-refractivity contribution in [3.63, 3.8) is 0 Å². The molecule has 2 aliphatic carbocycles. The van der Waals surface area contributed by atoms with Crippen LogP contribution in [-0.4, -0.2) is 19.1 Å². The summed E-state index contributed by atoms with van der Waals surface area (Å²) in [6.45, 7) is 0.917. The Morgan fingerprint density at radius 1 is 1.25 bits per heavy atom. The summed E-state index contributed by atoms with van der Waals surface area (Å²) in [7, 11) is 1.80. The fourth-order valence-corrected chi connectivity index (χ4v) is 3.52. The smallest absolute Gasteiger partial charge is 0.0493 e. The molecule has 2 aliphatic rings. The van der Waals surface area contributed by atoms with Crippen molar-refractivity contribution in [3.8, 4) is 0 Å². The average Bonchev–Trinajstić information content (AvgIpc) is 2.33. The van der Waals surface area contributed by atoms with Crippen molar-refractivity contribution in [2.75, 3.05) is 13.7 Å². The maximum absolute atomic E-state index is 6.35. The van der Waals surface area contributed by atoms with Crippen molar-refractivity contribution in [1.82, 2.24) is 0 Å². The standard InChI is InChI=1S/C10H17ClO/c1-12-6-8-3-2-7-4-5-9(8)10(7)11/h7-10H,2-6H2,1H3/t7-,8+,9-,10+/m1/s1. The van der Waals surface area contributed by atoms with Gasteiger partial charge in [-0.1, -0.05) is 0 Å². The molecule has 2 saturated carbocycles. The Morgan fingerprint density at radius 2 is 2.00 bits per heavy atom. The molecule has 0 N–H and O–H groups in total. The third-order valence-electron chi connectivity index (χ3n) is 3.62. The van der Waals surface area contributed by atoms with Gasteiger partial charge in [0.05, 0.1) is 0 Å². The molecular formula is C10H17ClO. The highest BCUT2D eigenvalue weighted by Gasteiger charge is 2.42. The molecule has 2 bridgehead atoms. The van der Waals surface area contributed by atoms with Crippen molar-refractivity contribution in [2.24, 2.45) is 17.8 Å². The van der Waals surface area contributed by atoms with Crippen LogP contribution in [0.15, 0.2) is 0 Å². The molecule has 2 fully saturated rings. The van der Waals surface area contributed by atoms with Crippen molar-refractivity contribution in [1.29, 1.82) is 0 Å². The summed E-state index contributed by atoms with van der Waals surface area (Å²) in [6, 6.07) is 0. The van der Waals surface area contributed by atoms with Crippen LogP contribution in [0.4, 0.5) is 0 Å². The monoisotopic (exact) mass is 188 g/mol. The van der Waals surface area contributed by atoms with Crippen LogP contribution in [0.5, 0.6) is 0 Å². The fourth-order valence-electron chi connectivity index (χ4n) is 2.94. The van der Waals surface area contributed by atoms with E-state index in [0.29, 0.717) is 5.38 Å². The topological polar surface area (TPSA) is 9.23 Å². The van der Waals surface area contributed by atoms with Gasteiger partial charge in [-0.25, -0.2) is 0 Å². The van der Waals surface area contributed by atoms with Crippen LogP contribution in [0, 0.1) is 17.8 Å². The van der Waals surface area contributed by atoms with Gasteiger partial charge in [-0.05, 0) is 43.4 Å². The fraction of sp³-hybridized carbons (Fsp3) is 1.00. The zero-order valence-electron chi connectivity index (χ0n) is 7.63. The predicted octanol–water partition coefficient (Wildman–Crippen LogP) is 2.68. The highest BCUT2D eigenvalue weighted by Crippen LogP contribution is 2.48. The molecule has 0 saturated heterocycles. The maximum Gasteiger partial charge on any atom is 0.0493 e. The van der Waals surface area contributed by atoms with Gasteiger partial charge in [0, 0.05) is 19.1 Å². The van der Waals surface area contributed by atoms with E-state index in [0.717, 1.165) is 24.4 Å². The van der Waals surface area contributed by atoms with E-state index < -0.39 is 0 Å². The highest BCUT2D eigenvalue weighted by atomic mass is 35.5. The number of fused-ring (bicyclic) bond motifs is 2. The van der Waals surface area contributed by atoms with E-state index in [9.17, 15) is 0 Å². The second-order valence-corrected chi connectivity index (χ2v) is 4.74. The lowest BCUT2D eigenvalue weighted by Gasteiger charge is -2.32. The van der Waals surface area contributed by atoms with Gasteiger partial charge in [-0.15, -0.1) is 11.6 Å². The highest BCUT2D eigenvalue weighted by molar-refractivity contribution is 6.21. The van der Waals surface area contributed by atoms with E-state index in [1.54, 1.807) is 7.11 Å². The summed E-state index contributed by atoms with van der Waals surface area (Å²) in [6.07, 6.45) is 5.37. The van der Waals surface area contributed by atoms with Crippen LogP contribution in [0.25, 0.3) is 0 Å². The first kappa shape index (κ1) is 8.83. The molecule has 0 amide bonds. The summed E-state index contributed by atoms with van der Waals surface area (Å²) in [5.74, 6) is 2.33. The molecule has 2 rings (SSSR count). The molecular weight excluding hydrogens is 172 g/mol. The minimum absolute atomic E-state index is 0.457. The van der Waals surface area contributed by atoms with E-state index in [4.69, 9.17) is 16.3 Å². The molecule has 0 aromatic carbocycles. The van der Waals surface area contributed by atoms with Crippen LogP contribution in [0.3, 0.4) is 0 Å². The van der Waals surface area contributed by atoms with Crippen LogP contribution >= 0.6 is 11.6 Å². The lowest BCUT2D eigenvalue weighted by molar-refractivity contribution is 0.101. The number of alkyl halides is 1. The minimum Gasteiger partial charge on any atom is -0.384 e. The number of hydrogen-bond acceptors (Lipinski definition) is 1. The van der Waals surface area contributed by atoms with Crippen molar-refractivity contribution in [3.05, 3.63) is 0 Å². The van der Waals surface area contributed by atoms with Crippen molar-refractivity contribution in [2.45, 2.75) is 31.1 Å². The van der Waals surface area contributed by atoms with Gasteiger partial charge in [0.25, 0.3) is 0 Å². The summed E-state index contributed by atoms with van der Waals surface area (Å²) in [5.41, 5.74) is 0. The van der Waals surface area contributed by atoms with E-state index in [1.165, 1.54) is 25.7 Å². The summed E-state index contributed by atoms with van der Waals surface area (Å²) in [5, 5.41) is 0.457. The van der Waals surface area contributed by atoms with Crippen molar-refractivity contribution < 1.29 is 4.74 Å². The molecule has 0 aliphatic heterocycles. The van der Waals surface area contributed by atoms with Crippen LogP contribution < -0.4 is 0 Å². The molecule has 0 aromatic heterocycles. The Hall–Kier alpha value is 0.250. The maximum atomic E-state index is 6.35. The average molecular weight is 189 g/mol. The van der Waals surface area contributed by atoms with E-state index in [1.807, 2.05) is 0 Å². The van der Waals surface area contributed by atoms with Gasteiger partial charge in [0.1, 0.15) is 0 Å². The molecule has 0 radical (unpaired) electrons. The Bertz CT molecular complexity index is 160. The molecule has 2 heteroatoms.